The zero-order valence-corrected chi connectivity index (χ0v) is 33.8. The summed E-state index contributed by atoms with van der Waals surface area (Å²) in [5.74, 6) is 0. The van der Waals surface area contributed by atoms with Crippen LogP contribution >= 0.6 is 11.6 Å². The van der Waals surface area contributed by atoms with E-state index < -0.39 is 0 Å². The van der Waals surface area contributed by atoms with Crippen molar-refractivity contribution in [1.82, 2.24) is 0 Å². The highest BCUT2D eigenvalue weighted by molar-refractivity contribution is 7.00. The molecule has 0 saturated carbocycles. The molecule has 0 aliphatic carbocycles. The molecule has 7 aromatic carbocycles. The van der Waals surface area contributed by atoms with E-state index in [1.54, 1.807) is 0 Å². The number of hydrogen-bond acceptors (Lipinski definition) is 3. The van der Waals surface area contributed by atoms with Gasteiger partial charge >= 0.3 is 0 Å². The van der Waals surface area contributed by atoms with E-state index in [2.05, 4.69) is 192 Å². The molecule has 3 nitrogen and oxygen atoms in total. The summed E-state index contributed by atoms with van der Waals surface area (Å²) in [6.07, 6.45) is 0. The van der Waals surface area contributed by atoms with Crippen molar-refractivity contribution in [3.8, 4) is 11.1 Å². The first-order valence-corrected chi connectivity index (χ1v) is 20.0. The molecule has 0 fully saturated rings. The first kappa shape index (κ1) is 34.8. The standard InChI is InChI=1S/C51H44BClN2O/c1-31-26-44-49-45(27-31)55(41-17-13-19-47-48(41)36-16-11-12-18-46(36)56-47)42-29-34(51(5,6)7)20-23-38(42)52(49)39-24-22-35(53)30-43(39)54(44)40-25-21-33(50(2,3)4)28-37(40)32-14-9-8-10-15-32/h8-30H,1-7H3. The maximum atomic E-state index is 6.99. The molecular formula is C51H44BClN2O. The van der Waals surface area contributed by atoms with Crippen molar-refractivity contribution in [2.45, 2.75) is 59.3 Å². The second-order valence-electron chi connectivity index (χ2n) is 17.6. The molecule has 0 bridgehead atoms. The van der Waals surface area contributed by atoms with Crippen LogP contribution in [-0.4, -0.2) is 6.71 Å². The van der Waals surface area contributed by atoms with Gasteiger partial charge in [-0.1, -0.05) is 132 Å². The zero-order valence-electron chi connectivity index (χ0n) is 33.0. The number of furan rings is 1. The van der Waals surface area contributed by atoms with Crippen molar-refractivity contribution in [3.63, 3.8) is 0 Å². The maximum absolute atomic E-state index is 6.99. The van der Waals surface area contributed by atoms with Crippen LogP contribution < -0.4 is 26.2 Å². The van der Waals surface area contributed by atoms with Crippen molar-refractivity contribution in [3.05, 3.63) is 161 Å². The van der Waals surface area contributed by atoms with Crippen molar-refractivity contribution < 1.29 is 4.42 Å². The molecule has 2 aliphatic heterocycles. The average molecular weight is 747 g/mol. The van der Waals surface area contributed by atoms with Gasteiger partial charge in [0.2, 0.25) is 0 Å². The van der Waals surface area contributed by atoms with Crippen LogP contribution in [0.25, 0.3) is 33.1 Å². The molecule has 0 radical (unpaired) electrons. The van der Waals surface area contributed by atoms with Crippen LogP contribution in [0.15, 0.2) is 144 Å². The number of aryl methyl sites for hydroxylation is 1. The van der Waals surface area contributed by atoms with E-state index in [1.165, 1.54) is 61.3 Å². The van der Waals surface area contributed by atoms with Crippen molar-refractivity contribution >= 4 is 90.8 Å². The van der Waals surface area contributed by atoms with Gasteiger partial charge in [0.1, 0.15) is 11.2 Å². The highest BCUT2D eigenvalue weighted by atomic mass is 35.5. The maximum Gasteiger partial charge on any atom is 0.252 e. The third kappa shape index (κ3) is 5.34. The number of halogens is 1. The van der Waals surface area contributed by atoms with E-state index in [4.69, 9.17) is 16.0 Å². The zero-order chi connectivity index (χ0) is 38.7. The quantitative estimate of drug-likeness (QED) is 0.168. The van der Waals surface area contributed by atoms with Crippen LogP contribution in [0.5, 0.6) is 0 Å². The van der Waals surface area contributed by atoms with Crippen LogP contribution in [-0.2, 0) is 10.8 Å². The molecule has 0 spiro atoms. The van der Waals surface area contributed by atoms with E-state index in [0.29, 0.717) is 0 Å². The minimum Gasteiger partial charge on any atom is -0.456 e. The Bertz CT molecular complexity index is 2880. The molecular weight excluding hydrogens is 703 g/mol. The first-order valence-electron chi connectivity index (χ1n) is 19.7. The Hall–Kier alpha value is -5.71. The van der Waals surface area contributed by atoms with Crippen LogP contribution in [0.4, 0.5) is 34.1 Å². The van der Waals surface area contributed by atoms with Gasteiger partial charge in [-0.25, -0.2) is 0 Å². The number of hydrogen-bond donors (Lipinski definition) is 0. The number of anilines is 6. The van der Waals surface area contributed by atoms with Gasteiger partial charge in [-0.2, -0.15) is 0 Å². The highest BCUT2D eigenvalue weighted by Gasteiger charge is 2.44. The second-order valence-corrected chi connectivity index (χ2v) is 18.1. The fourth-order valence-corrected chi connectivity index (χ4v) is 9.24. The van der Waals surface area contributed by atoms with Gasteiger partial charge in [0.25, 0.3) is 6.71 Å². The van der Waals surface area contributed by atoms with Gasteiger partial charge in [-0.3, -0.25) is 0 Å². The smallest absolute Gasteiger partial charge is 0.252 e. The molecule has 56 heavy (non-hydrogen) atoms. The molecule has 0 saturated heterocycles. The number of fused-ring (bicyclic) bond motifs is 7. The van der Waals surface area contributed by atoms with Gasteiger partial charge in [0.05, 0.1) is 16.8 Å². The van der Waals surface area contributed by atoms with Crippen LogP contribution in [0.2, 0.25) is 5.02 Å². The Morgan fingerprint density at radius 3 is 1.86 bits per heavy atom. The minimum absolute atomic E-state index is 0.0151. The van der Waals surface area contributed by atoms with Crippen LogP contribution in [0.1, 0.15) is 58.2 Å². The fraction of sp³-hybridized carbons (Fsp3) is 0.176. The summed E-state index contributed by atoms with van der Waals surface area (Å²) in [7, 11) is 0. The van der Waals surface area contributed by atoms with E-state index in [-0.39, 0.29) is 17.5 Å². The Labute approximate surface area is 335 Å². The van der Waals surface area contributed by atoms with Gasteiger partial charge < -0.3 is 14.2 Å². The van der Waals surface area contributed by atoms with Crippen molar-refractivity contribution in [2.24, 2.45) is 0 Å². The molecule has 0 amide bonds. The largest absolute Gasteiger partial charge is 0.456 e. The van der Waals surface area contributed by atoms with Crippen LogP contribution in [0.3, 0.4) is 0 Å². The second kappa shape index (κ2) is 12.4. The molecule has 8 aromatic rings. The summed E-state index contributed by atoms with van der Waals surface area (Å²) in [4.78, 5) is 5.01. The third-order valence-electron chi connectivity index (χ3n) is 11.9. The summed E-state index contributed by atoms with van der Waals surface area (Å²) in [6, 6.07) is 51.1. The number of rotatable bonds is 3. The SMILES string of the molecule is Cc1cc2c3c(c1)N(c1cccc4oc5ccccc5c14)c1cc(C(C)(C)C)ccc1B3c1ccc(Cl)cc1N2c1ccc(C(C)(C)C)cc1-c1ccccc1. The molecule has 2 aliphatic rings. The van der Waals surface area contributed by atoms with Crippen molar-refractivity contribution in [1.29, 1.82) is 0 Å². The fourth-order valence-electron chi connectivity index (χ4n) is 9.07. The molecule has 0 atom stereocenters. The Kier molecular flexibility index (Phi) is 7.70. The van der Waals surface area contributed by atoms with Gasteiger partial charge in [0.15, 0.2) is 0 Å². The summed E-state index contributed by atoms with van der Waals surface area (Å²) < 4.78 is 6.51. The summed E-state index contributed by atoms with van der Waals surface area (Å²) in [5.41, 5.74) is 18.5. The molecule has 10 rings (SSSR count). The average Bonchev–Trinajstić information content (AvgIpc) is 3.56. The predicted octanol–water partition coefficient (Wildman–Crippen LogP) is 12.9. The van der Waals surface area contributed by atoms with Crippen molar-refractivity contribution in [2.75, 3.05) is 9.80 Å². The lowest BCUT2D eigenvalue weighted by Gasteiger charge is -2.45. The highest BCUT2D eigenvalue weighted by Crippen LogP contribution is 2.50. The lowest BCUT2D eigenvalue weighted by atomic mass is 9.33. The lowest BCUT2D eigenvalue weighted by Crippen LogP contribution is -2.61. The number of para-hydroxylation sites is 1. The Morgan fingerprint density at radius 1 is 0.518 bits per heavy atom. The van der Waals surface area contributed by atoms with E-state index >= 15 is 0 Å². The van der Waals surface area contributed by atoms with Gasteiger partial charge in [0, 0.05) is 38.7 Å². The van der Waals surface area contributed by atoms with E-state index in [0.717, 1.165) is 44.0 Å². The molecule has 274 valence electrons. The van der Waals surface area contributed by atoms with Crippen LogP contribution in [0, 0.1) is 6.92 Å². The first-order chi connectivity index (χ1) is 26.9. The normalized spacial score (nSPS) is 13.6. The number of nitrogens with zero attached hydrogens (tertiary/aromatic N) is 2. The monoisotopic (exact) mass is 746 g/mol. The van der Waals surface area contributed by atoms with E-state index in [9.17, 15) is 0 Å². The van der Waals surface area contributed by atoms with Gasteiger partial charge in [-0.15, -0.1) is 0 Å². The Balaban J connectivity index is 1.33. The Morgan fingerprint density at radius 2 is 1.12 bits per heavy atom. The molecule has 0 N–H and O–H groups in total. The third-order valence-corrected chi connectivity index (χ3v) is 12.1. The minimum atomic E-state index is -0.0467. The predicted molar refractivity (Wildman–Crippen MR) is 240 cm³/mol. The summed E-state index contributed by atoms with van der Waals surface area (Å²) >= 11 is 6.99. The summed E-state index contributed by atoms with van der Waals surface area (Å²) in [6.45, 7) is 16.0. The summed E-state index contributed by atoms with van der Waals surface area (Å²) in [5, 5.41) is 2.95. The topological polar surface area (TPSA) is 19.6 Å². The molecule has 1 aromatic heterocycles. The molecule has 0 unspecified atom stereocenters. The molecule has 3 heterocycles. The van der Waals surface area contributed by atoms with E-state index in [1.807, 2.05) is 6.07 Å². The lowest BCUT2D eigenvalue weighted by molar-refractivity contribution is 0.590. The molecule has 5 heteroatoms. The van der Waals surface area contributed by atoms with Gasteiger partial charge in [-0.05, 0) is 117 Å². The number of benzene rings is 7.